The van der Waals surface area contributed by atoms with Crippen LogP contribution in [0.15, 0.2) is 0 Å². The van der Waals surface area contributed by atoms with Crippen LogP contribution in [0.2, 0.25) is 0 Å². The number of hydrogen-bond donors (Lipinski definition) is 1. The first kappa shape index (κ1) is 12.0. The first-order valence-electron chi connectivity index (χ1n) is 6.14. The summed E-state index contributed by atoms with van der Waals surface area (Å²) in [4.78, 5) is 0. The van der Waals surface area contributed by atoms with Gasteiger partial charge in [-0.05, 0) is 25.8 Å². The van der Waals surface area contributed by atoms with E-state index in [9.17, 15) is 0 Å². The van der Waals surface area contributed by atoms with Crippen LogP contribution < -0.4 is 5.32 Å². The molecule has 2 heteroatoms. The molecule has 0 aromatic carbocycles. The van der Waals surface area contributed by atoms with Gasteiger partial charge in [0.05, 0.1) is 6.10 Å². The SMILES string of the molecule is CCCNC1CCCCCCC1OC. The fraction of sp³-hybridized carbons (Fsp3) is 1.00. The van der Waals surface area contributed by atoms with Gasteiger partial charge in [-0.25, -0.2) is 0 Å². The van der Waals surface area contributed by atoms with E-state index < -0.39 is 0 Å². The normalized spacial score (nSPS) is 29.6. The second kappa shape index (κ2) is 7.24. The van der Waals surface area contributed by atoms with E-state index in [1.165, 1.54) is 44.9 Å². The first-order chi connectivity index (χ1) is 6.88. The molecule has 0 aliphatic heterocycles. The van der Waals surface area contributed by atoms with Crippen LogP contribution in [0.4, 0.5) is 0 Å². The Morgan fingerprint density at radius 1 is 1.14 bits per heavy atom. The van der Waals surface area contributed by atoms with Crippen molar-refractivity contribution in [3.63, 3.8) is 0 Å². The van der Waals surface area contributed by atoms with Gasteiger partial charge >= 0.3 is 0 Å². The highest BCUT2D eigenvalue weighted by Crippen LogP contribution is 2.19. The molecule has 84 valence electrons. The molecule has 1 rings (SSSR count). The van der Waals surface area contributed by atoms with Crippen molar-refractivity contribution in [3.05, 3.63) is 0 Å². The predicted octanol–water partition coefficient (Wildman–Crippen LogP) is 2.72. The van der Waals surface area contributed by atoms with Crippen LogP contribution in [0.1, 0.15) is 51.9 Å². The third-order valence-corrected chi connectivity index (χ3v) is 3.16. The molecule has 0 aromatic rings. The average molecular weight is 199 g/mol. The van der Waals surface area contributed by atoms with Gasteiger partial charge in [-0.2, -0.15) is 0 Å². The van der Waals surface area contributed by atoms with Gasteiger partial charge in [0.2, 0.25) is 0 Å². The second-order valence-corrected chi connectivity index (χ2v) is 4.33. The standard InChI is InChI=1S/C12H25NO/c1-3-10-13-11-8-6-4-5-7-9-12(11)14-2/h11-13H,3-10H2,1-2H3. The average Bonchev–Trinajstić information content (AvgIpc) is 2.17. The number of rotatable bonds is 4. The number of methoxy groups -OCH3 is 1. The van der Waals surface area contributed by atoms with E-state index in [1.54, 1.807) is 0 Å². The third kappa shape index (κ3) is 3.97. The molecule has 1 aliphatic carbocycles. The monoisotopic (exact) mass is 199 g/mol. The molecule has 0 aromatic heterocycles. The summed E-state index contributed by atoms with van der Waals surface area (Å²) in [7, 11) is 1.85. The second-order valence-electron chi connectivity index (χ2n) is 4.33. The van der Waals surface area contributed by atoms with E-state index in [4.69, 9.17) is 4.74 Å². The molecule has 0 saturated heterocycles. The Labute approximate surface area is 88.4 Å². The van der Waals surface area contributed by atoms with E-state index in [-0.39, 0.29) is 0 Å². The highest BCUT2D eigenvalue weighted by Gasteiger charge is 2.21. The van der Waals surface area contributed by atoms with Crippen molar-refractivity contribution < 1.29 is 4.74 Å². The summed E-state index contributed by atoms with van der Waals surface area (Å²) >= 11 is 0. The summed E-state index contributed by atoms with van der Waals surface area (Å²) in [5.74, 6) is 0. The van der Waals surface area contributed by atoms with Crippen molar-refractivity contribution in [2.45, 2.75) is 64.0 Å². The summed E-state index contributed by atoms with van der Waals surface area (Å²) in [5.41, 5.74) is 0. The van der Waals surface area contributed by atoms with Crippen LogP contribution in [-0.2, 0) is 4.74 Å². The smallest absolute Gasteiger partial charge is 0.0724 e. The molecule has 2 nitrogen and oxygen atoms in total. The highest BCUT2D eigenvalue weighted by atomic mass is 16.5. The molecule has 0 radical (unpaired) electrons. The summed E-state index contributed by atoms with van der Waals surface area (Å²) < 4.78 is 5.57. The van der Waals surface area contributed by atoms with Gasteiger partial charge < -0.3 is 10.1 Å². The van der Waals surface area contributed by atoms with Gasteiger partial charge in [0.15, 0.2) is 0 Å². The van der Waals surface area contributed by atoms with Crippen LogP contribution in [0.3, 0.4) is 0 Å². The number of nitrogens with one attached hydrogen (secondary N) is 1. The lowest BCUT2D eigenvalue weighted by Gasteiger charge is -2.29. The van der Waals surface area contributed by atoms with Crippen LogP contribution >= 0.6 is 0 Å². The van der Waals surface area contributed by atoms with Gasteiger partial charge in [-0.15, -0.1) is 0 Å². The Morgan fingerprint density at radius 2 is 1.86 bits per heavy atom. The molecule has 0 bridgehead atoms. The largest absolute Gasteiger partial charge is 0.380 e. The maximum Gasteiger partial charge on any atom is 0.0724 e. The number of ether oxygens (including phenoxy) is 1. The molecular formula is C12H25NO. The molecule has 2 atom stereocenters. The summed E-state index contributed by atoms with van der Waals surface area (Å²) in [6, 6.07) is 0.597. The maximum absolute atomic E-state index is 5.57. The molecule has 0 amide bonds. The molecule has 0 heterocycles. The van der Waals surface area contributed by atoms with Crippen molar-refractivity contribution in [1.82, 2.24) is 5.32 Å². The molecule has 1 aliphatic rings. The Kier molecular flexibility index (Phi) is 6.20. The minimum atomic E-state index is 0.446. The summed E-state index contributed by atoms with van der Waals surface area (Å²) in [6.07, 6.45) is 9.68. The van der Waals surface area contributed by atoms with Gasteiger partial charge in [0.25, 0.3) is 0 Å². The van der Waals surface area contributed by atoms with Crippen LogP contribution in [-0.4, -0.2) is 25.8 Å². The fourth-order valence-electron chi connectivity index (χ4n) is 2.30. The van der Waals surface area contributed by atoms with E-state index in [0.717, 1.165) is 6.54 Å². The molecule has 2 unspecified atom stereocenters. The predicted molar refractivity (Wildman–Crippen MR) is 60.6 cm³/mol. The van der Waals surface area contributed by atoms with Crippen molar-refractivity contribution >= 4 is 0 Å². The van der Waals surface area contributed by atoms with Crippen LogP contribution in [0.25, 0.3) is 0 Å². The highest BCUT2D eigenvalue weighted by molar-refractivity contribution is 4.78. The van der Waals surface area contributed by atoms with E-state index in [1.807, 2.05) is 7.11 Å². The molecular weight excluding hydrogens is 174 g/mol. The fourth-order valence-corrected chi connectivity index (χ4v) is 2.30. The quantitative estimate of drug-likeness (QED) is 0.751. The van der Waals surface area contributed by atoms with Crippen molar-refractivity contribution in [1.29, 1.82) is 0 Å². The zero-order chi connectivity index (χ0) is 10.2. The Balaban J connectivity index is 2.37. The van der Waals surface area contributed by atoms with Crippen LogP contribution in [0.5, 0.6) is 0 Å². The minimum Gasteiger partial charge on any atom is -0.380 e. The van der Waals surface area contributed by atoms with Gasteiger partial charge in [0, 0.05) is 13.2 Å². The summed E-state index contributed by atoms with van der Waals surface area (Å²) in [6.45, 7) is 3.35. The minimum absolute atomic E-state index is 0.446. The molecule has 1 N–H and O–H groups in total. The van der Waals surface area contributed by atoms with Crippen molar-refractivity contribution in [2.24, 2.45) is 0 Å². The molecule has 1 fully saturated rings. The van der Waals surface area contributed by atoms with Crippen molar-refractivity contribution in [3.8, 4) is 0 Å². The zero-order valence-corrected chi connectivity index (χ0v) is 9.72. The van der Waals surface area contributed by atoms with Crippen LogP contribution in [0, 0.1) is 0 Å². The van der Waals surface area contributed by atoms with E-state index >= 15 is 0 Å². The maximum atomic E-state index is 5.57. The summed E-state index contributed by atoms with van der Waals surface area (Å²) in [5, 5.41) is 3.62. The Bertz CT molecular complexity index is 136. The topological polar surface area (TPSA) is 21.3 Å². The van der Waals surface area contributed by atoms with Gasteiger partial charge in [-0.1, -0.05) is 32.6 Å². The van der Waals surface area contributed by atoms with E-state index in [0.29, 0.717) is 12.1 Å². The lowest BCUT2D eigenvalue weighted by Crippen LogP contribution is -2.41. The lowest BCUT2D eigenvalue weighted by molar-refractivity contribution is 0.0519. The van der Waals surface area contributed by atoms with E-state index in [2.05, 4.69) is 12.2 Å². The number of hydrogen-bond acceptors (Lipinski definition) is 2. The third-order valence-electron chi connectivity index (χ3n) is 3.16. The Hall–Kier alpha value is -0.0800. The molecule has 1 saturated carbocycles. The molecule has 14 heavy (non-hydrogen) atoms. The van der Waals surface area contributed by atoms with Gasteiger partial charge in [-0.3, -0.25) is 0 Å². The Morgan fingerprint density at radius 3 is 2.50 bits per heavy atom. The van der Waals surface area contributed by atoms with Gasteiger partial charge in [0.1, 0.15) is 0 Å². The molecule has 0 spiro atoms. The first-order valence-corrected chi connectivity index (χ1v) is 6.14. The van der Waals surface area contributed by atoms with Crippen molar-refractivity contribution in [2.75, 3.05) is 13.7 Å². The zero-order valence-electron chi connectivity index (χ0n) is 9.72. The lowest BCUT2D eigenvalue weighted by atomic mass is 9.94.